The Balaban J connectivity index is 1.49. The van der Waals surface area contributed by atoms with Crippen LogP contribution in [-0.4, -0.2) is 52.3 Å². The maximum Gasteiger partial charge on any atom is 0.150 e. The average Bonchev–Trinajstić information content (AvgIpc) is 3.03. The Morgan fingerprint density at radius 3 is 2.41 bits per heavy atom. The monoisotopic (exact) mass is 403 g/mol. The highest BCUT2D eigenvalue weighted by Gasteiger charge is 2.41. The van der Waals surface area contributed by atoms with Gasteiger partial charge in [0, 0.05) is 25.5 Å². The van der Waals surface area contributed by atoms with Gasteiger partial charge in [-0.2, -0.15) is 0 Å². The van der Waals surface area contributed by atoms with E-state index in [-0.39, 0.29) is 29.4 Å². The van der Waals surface area contributed by atoms with Crippen LogP contribution in [0.25, 0.3) is 22.2 Å². The molecule has 5 nitrogen and oxygen atoms in total. The Hall–Kier alpha value is -2.42. The minimum Gasteiger partial charge on any atom is -0.385 e. The van der Waals surface area contributed by atoms with Crippen LogP contribution in [0, 0.1) is 17.5 Å². The molecule has 2 N–H and O–H groups in total. The van der Waals surface area contributed by atoms with Gasteiger partial charge in [-0.1, -0.05) is 0 Å². The summed E-state index contributed by atoms with van der Waals surface area (Å²) >= 11 is 0. The molecule has 4 heterocycles. The smallest absolute Gasteiger partial charge is 0.150 e. The van der Waals surface area contributed by atoms with E-state index in [4.69, 9.17) is 4.74 Å². The predicted octanol–water partition coefficient (Wildman–Crippen LogP) is 3.33. The number of halogens is 3. The van der Waals surface area contributed by atoms with Crippen molar-refractivity contribution in [3.8, 4) is 11.1 Å². The van der Waals surface area contributed by atoms with Gasteiger partial charge in [-0.3, -0.25) is 4.90 Å². The number of fused-ring (bicyclic) bond motifs is 1. The summed E-state index contributed by atoms with van der Waals surface area (Å²) in [4.78, 5) is 8.91. The van der Waals surface area contributed by atoms with Crippen LogP contribution in [0.3, 0.4) is 0 Å². The van der Waals surface area contributed by atoms with Crippen LogP contribution in [0.4, 0.5) is 13.2 Å². The lowest BCUT2D eigenvalue weighted by Crippen LogP contribution is -2.54. The highest BCUT2D eigenvalue weighted by atomic mass is 19.1. The number of aromatic nitrogens is 2. The number of ether oxygens (including phenoxy) is 1. The number of aliphatic hydroxyl groups is 1. The van der Waals surface area contributed by atoms with Crippen molar-refractivity contribution < 1.29 is 23.0 Å². The minimum atomic E-state index is -1.57. The van der Waals surface area contributed by atoms with E-state index in [9.17, 15) is 9.50 Å². The number of piperidine rings is 1. The van der Waals surface area contributed by atoms with Gasteiger partial charge in [0.15, 0.2) is 5.82 Å². The molecule has 2 aliphatic rings. The molecule has 0 aliphatic carbocycles. The van der Waals surface area contributed by atoms with Gasteiger partial charge in [-0.25, -0.2) is 18.2 Å². The second-order valence-corrected chi connectivity index (χ2v) is 7.79. The quantitative estimate of drug-likeness (QED) is 0.704. The van der Waals surface area contributed by atoms with E-state index in [1.54, 1.807) is 0 Å². The highest BCUT2D eigenvalue weighted by molar-refractivity contribution is 5.93. The van der Waals surface area contributed by atoms with Crippen LogP contribution in [-0.2, 0) is 10.3 Å². The molecule has 2 saturated heterocycles. The summed E-state index contributed by atoms with van der Waals surface area (Å²) in [7, 11) is 0. The van der Waals surface area contributed by atoms with E-state index in [1.807, 2.05) is 0 Å². The van der Waals surface area contributed by atoms with Crippen molar-refractivity contribution in [1.82, 2.24) is 14.9 Å². The fourth-order valence-electron chi connectivity index (χ4n) is 4.37. The van der Waals surface area contributed by atoms with E-state index in [2.05, 4.69) is 14.9 Å². The molecule has 5 rings (SSSR count). The fraction of sp³-hybridized carbons (Fsp3) is 0.381. The summed E-state index contributed by atoms with van der Waals surface area (Å²) in [6, 6.07) is 4.15. The number of hydrogen-bond acceptors (Lipinski definition) is 4. The first-order chi connectivity index (χ1) is 14.0. The first-order valence-corrected chi connectivity index (χ1v) is 9.62. The van der Waals surface area contributed by atoms with Crippen molar-refractivity contribution in [3.63, 3.8) is 0 Å². The second kappa shape index (κ2) is 6.83. The molecule has 3 aromatic rings. The van der Waals surface area contributed by atoms with E-state index in [0.29, 0.717) is 43.6 Å². The summed E-state index contributed by atoms with van der Waals surface area (Å²) in [6.07, 6.45) is 3.09. The van der Waals surface area contributed by atoms with Crippen LogP contribution in [0.1, 0.15) is 18.4 Å². The van der Waals surface area contributed by atoms with E-state index in [1.165, 1.54) is 12.3 Å². The van der Waals surface area contributed by atoms with Gasteiger partial charge >= 0.3 is 0 Å². The molecule has 0 radical (unpaired) electrons. The lowest BCUT2D eigenvalue weighted by atomic mass is 9.82. The Bertz CT molecular complexity index is 1050. The number of aromatic amines is 1. The van der Waals surface area contributed by atoms with Gasteiger partial charge in [-0.15, -0.1) is 0 Å². The fourth-order valence-corrected chi connectivity index (χ4v) is 4.37. The standard InChI is InChI=1S/C21H20F3N3O2/c22-15-7-12(14-1-4-25-20-18(14)17(24)9-26-20)8-16(23)19(15)21(28)2-5-27(6-3-21)13-10-29-11-13/h1,4,7-9,13,28H,2-3,5-6,10-11H2,(H,25,26). The third-order valence-electron chi connectivity index (χ3n) is 6.11. The van der Waals surface area contributed by atoms with Crippen LogP contribution in [0.5, 0.6) is 0 Å². The SMILES string of the molecule is OC1(c2c(F)cc(-c3ccnc4[nH]cc(F)c34)cc2F)CCN(C2COC2)CC1. The molecular formula is C21H20F3N3O2. The molecule has 0 saturated carbocycles. The van der Waals surface area contributed by atoms with E-state index < -0.39 is 23.1 Å². The van der Waals surface area contributed by atoms with E-state index in [0.717, 1.165) is 18.3 Å². The van der Waals surface area contributed by atoms with Crippen molar-refractivity contribution in [2.45, 2.75) is 24.5 Å². The molecule has 0 spiro atoms. The van der Waals surface area contributed by atoms with Gasteiger partial charge < -0.3 is 14.8 Å². The molecule has 2 aromatic heterocycles. The van der Waals surface area contributed by atoms with Gasteiger partial charge in [-0.05, 0) is 42.2 Å². The molecule has 1 aromatic carbocycles. The predicted molar refractivity (Wildman–Crippen MR) is 101 cm³/mol. The molecule has 2 aliphatic heterocycles. The molecule has 0 atom stereocenters. The van der Waals surface area contributed by atoms with Crippen molar-refractivity contribution in [2.24, 2.45) is 0 Å². The summed E-state index contributed by atoms with van der Waals surface area (Å²) in [5, 5.41) is 11.2. The molecule has 152 valence electrons. The molecule has 0 bridgehead atoms. The Morgan fingerprint density at radius 1 is 1.10 bits per heavy atom. The van der Waals surface area contributed by atoms with Crippen molar-refractivity contribution >= 4 is 11.0 Å². The largest absolute Gasteiger partial charge is 0.385 e. The molecule has 8 heteroatoms. The molecule has 0 amide bonds. The number of benzene rings is 1. The summed E-state index contributed by atoms with van der Waals surface area (Å²) in [5.41, 5.74) is -1.05. The number of likely N-dealkylation sites (tertiary alicyclic amines) is 1. The Labute approximate surface area is 165 Å². The van der Waals surface area contributed by atoms with Crippen LogP contribution >= 0.6 is 0 Å². The zero-order valence-electron chi connectivity index (χ0n) is 15.6. The number of H-pyrrole nitrogens is 1. The summed E-state index contributed by atoms with van der Waals surface area (Å²) in [5.74, 6) is -2.20. The maximum absolute atomic E-state index is 15.0. The van der Waals surface area contributed by atoms with Gasteiger partial charge in [0.05, 0.1) is 35.8 Å². The summed E-state index contributed by atoms with van der Waals surface area (Å²) < 4.78 is 49.4. The first kappa shape index (κ1) is 18.6. The average molecular weight is 403 g/mol. The van der Waals surface area contributed by atoms with Gasteiger partial charge in [0.1, 0.15) is 17.3 Å². The number of nitrogens with zero attached hydrogens (tertiary/aromatic N) is 2. The van der Waals surface area contributed by atoms with Crippen LogP contribution in [0.15, 0.2) is 30.6 Å². The lowest BCUT2D eigenvalue weighted by Gasteiger charge is -2.44. The molecular weight excluding hydrogens is 383 g/mol. The molecule has 2 fully saturated rings. The van der Waals surface area contributed by atoms with Crippen molar-refractivity contribution in [3.05, 3.63) is 53.6 Å². The van der Waals surface area contributed by atoms with Crippen molar-refractivity contribution in [2.75, 3.05) is 26.3 Å². The topological polar surface area (TPSA) is 61.4 Å². The molecule has 0 unspecified atom stereocenters. The third kappa shape index (κ3) is 3.02. The Kier molecular flexibility index (Phi) is 4.38. The second-order valence-electron chi connectivity index (χ2n) is 7.79. The highest BCUT2D eigenvalue weighted by Crippen LogP contribution is 2.39. The number of rotatable bonds is 3. The lowest BCUT2D eigenvalue weighted by molar-refractivity contribution is -0.102. The summed E-state index contributed by atoms with van der Waals surface area (Å²) in [6.45, 7) is 2.41. The first-order valence-electron chi connectivity index (χ1n) is 9.62. The zero-order valence-corrected chi connectivity index (χ0v) is 15.6. The number of nitrogens with one attached hydrogen (secondary N) is 1. The normalized spacial score (nSPS) is 20.1. The molecule has 29 heavy (non-hydrogen) atoms. The van der Waals surface area contributed by atoms with Crippen molar-refractivity contribution in [1.29, 1.82) is 0 Å². The van der Waals surface area contributed by atoms with Gasteiger partial charge in [0.2, 0.25) is 0 Å². The third-order valence-corrected chi connectivity index (χ3v) is 6.11. The van der Waals surface area contributed by atoms with Crippen LogP contribution < -0.4 is 0 Å². The van der Waals surface area contributed by atoms with E-state index >= 15 is 8.78 Å². The van der Waals surface area contributed by atoms with Crippen LogP contribution in [0.2, 0.25) is 0 Å². The zero-order chi connectivity index (χ0) is 20.2. The maximum atomic E-state index is 15.0. The van der Waals surface area contributed by atoms with Gasteiger partial charge in [0.25, 0.3) is 0 Å². The number of pyridine rings is 1. The number of hydrogen-bond donors (Lipinski definition) is 2. The Morgan fingerprint density at radius 2 is 1.79 bits per heavy atom. The minimum absolute atomic E-state index is 0.175.